The van der Waals surface area contributed by atoms with Crippen LogP contribution in [0.25, 0.3) is 0 Å². The van der Waals surface area contributed by atoms with E-state index in [1.165, 1.54) is 13.0 Å². The molecule has 1 amide bonds. The summed E-state index contributed by atoms with van der Waals surface area (Å²) in [5.41, 5.74) is 0.134. The second-order valence-corrected chi connectivity index (χ2v) is 4.46. The Morgan fingerprint density at radius 3 is 2.61 bits per heavy atom. The molecule has 0 aliphatic carbocycles. The largest absolute Gasteiger partial charge is 0.352 e. The standard InChI is InChI=1S/C13H16ClF2NO/c1-9-7-10(12(16)8-11(9)15)13(18)17-6-4-2-3-5-14/h7-8H,2-6H2,1H3,(H,17,18). The third-order valence-corrected chi connectivity index (χ3v) is 2.86. The van der Waals surface area contributed by atoms with Crippen LogP contribution in [0.2, 0.25) is 0 Å². The number of alkyl halides is 1. The number of carbonyl (C=O) groups is 1. The lowest BCUT2D eigenvalue weighted by Gasteiger charge is -2.07. The van der Waals surface area contributed by atoms with Crippen molar-refractivity contribution in [3.8, 4) is 0 Å². The van der Waals surface area contributed by atoms with Gasteiger partial charge in [-0.05, 0) is 31.4 Å². The van der Waals surface area contributed by atoms with Gasteiger partial charge in [0.05, 0.1) is 5.56 Å². The van der Waals surface area contributed by atoms with Crippen molar-refractivity contribution in [1.29, 1.82) is 0 Å². The van der Waals surface area contributed by atoms with Crippen LogP contribution in [0.3, 0.4) is 0 Å². The molecule has 0 saturated carbocycles. The van der Waals surface area contributed by atoms with Crippen molar-refractivity contribution in [2.75, 3.05) is 12.4 Å². The third kappa shape index (κ3) is 4.26. The first-order chi connectivity index (χ1) is 8.56. The molecular formula is C13H16ClF2NO. The molecule has 0 heterocycles. The van der Waals surface area contributed by atoms with Crippen LogP contribution in [0.1, 0.15) is 35.2 Å². The summed E-state index contributed by atoms with van der Waals surface area (Å²) in [5.74, 6) is -1.40. The Labute approximate surface area is 110 Å². The van der Waals surface area contributed by atoms with Crippen molar-refractivity contribution in [1.82, 2.24) is 5.32 Å². The lowest BCUT2D eigenvalue weighted by molar-refractivity contribution is 0.0949. The molecule has 5 heteroatoms. The average Bonchev–Trinajstić information content (AvgIpc) is 2.33. The zero-order valence-electron chi connectivity index (χ0n) is 10.2. The molecule has 0 spiro atoms. The Kier molecular flexibility index (Phi) is 6.05. The van der Waals surface area contributed by atoms with Crippen LogP contribution in [0, 0.1) is 18.6 Å². The van der Waals surface area contributed by atoms with Crippen molar-refractivity contribution < 1.29 is 13.6 Å². The fraction of sp³-hybridized carbons (Fsp3) is 0.462. The minimum absolute atomic E-state index is 0.119. The lowest BCUT2D eigenvalue weighted by Crippen LogP contribution is -2.25. The predicted octanol–water partition coefficient (Wildman–Crippen LogP) is 3.41. The molecular weight excluding hydrogens is 260 g/mol. The number of unbranched alkanes of at least 4 members (excludes halogenated alkanes) is 2. The van der Waals surface area contributed by atoms with E-state index >= 15 is 0 Å². The lowest BCUT2D eigenvalue weighted by atomic mass is 10.1. The van der Waals surface area contributed by atoms with Gasteiger partial charge in [-0.3, -0.25) is 4.79 Å². The van der Waals surface area contributed by atoms with Crippen LogP contribution < -0.4 is 5.32 Å². The number of benzene rings is 1. The Balaban J connectivity index is 2.54. The van der Waals surface area contributed by atoms with Crippen LogP contribution >= 0.6 is 11.6 Å². The Morgan fingerprint density at radius 2 is 1.94 bits per heavy atom. The maximum absolute atomic E-state index is 13.4. The third-order valence-electron chi connectivity index (χ3n) is 2.59. The molecule has 2 nitrogen and oxygen atoms in total. The van der Waals surface area contributed by atoms with E-state index in [1.54, 1.807) is 0 Å². The number of rotatable bonds is 6. The van der Waals surface area contributed by atoms with Gasteiger partial charge in [-0.15, -0.1) is 11.6 Å². The molecule has 0 aromatic heterocycles. The van der Waals surface area contributed by atoms with Crippen LogP contribution in [0.5, 0.6) is 0 Å². The van der Waals surface area contributed by atoms with Gasteiger partial charge in [0.2, 0.25) is 0 Å². The minimum atomic E-state index is -0.837. The summed E-state index contributed by atoms with van der Waals surface area (Å²) >= 11 is 5.52. The first-order valence-corrected chi connectivity index (χ1v) is 6.39. The fourth-order valence-electron chi connectivity index (χ4n) is 1.52. The molecule has 1 N–H and O–H groups in total. The molecule has 0 radical (unpaired) electrons. The molecule has 1 rings (SSSR count). The van der Waals surface area contributed by atoms with Crippen molar-refractivity contribution in [3.05, 3.63) is 34.9 Å². The van der Waals surface area contributed by atoms with Crippen LogP contribution in [0.15, 0.2) is 12.1 Å². The summed E-state index contributed by atoms with van der Waals surface area (Å²) in [5, 5.41) is 2.60. The Hall–Kier alpha value is -1.16. The van der Waals surface area contributed by atoms with E-state index in [2.05, 4.69) is 5.32 Å². The monoisotopic (exact) mass is 275 g/mol. The van der Waals surface area contributed by atoms with Crippen molar-refractivity contribution in [3.63, 3.8) is 0 Å². The molecule has 0 fully saturated rings. The minimum Gasteiger partial charge on any atom is -0.352 e. The molecule has 18 heavy (non-hydrogen) atoms. The molecule has 0 unspecified atom stereocenters. The number of nitrogens with one attached hydrogen (secondary N) is 1. The first kappa shape index (κ1) is 14.9. The highest BCUT2D eigenvalue weighted by molar-refractivity contribution is 6.17. The summed E-state index contributed by atoms with van der Waals surface area (Å²) in [7, 11) is 0. The molecule has 0 aliphatic rings. The molecule has 0 saturated heterocycles. The van der Waals surface area contributed by atoms with Gasteiger partial charge < -0.3 is 5.32 Å². The van der Waals surface area contributed by atoms with Crippen LogP contribution in [-0.2, 0) is 0 Å². The van der Waals surface area contributed by atoms with Gasteiger partial charge in [0, 0.05) is 18.5 Å². The van der Waals surface area contributed by atoms with Crippen LogP contribution in [0.4, 0.5) is 8.78 Å². The average molecular weight is 276 g/mol. The zero-order chi connectivity index (χ0) is 13.5. The first-order valence-electron chi connectivity index (χ1n) is 5.86. The van der Waals surface area contributed by atoms with Gasteiger partial charge in [0.15, 0.2) is 0 Å². The normalized spacial score (nSPS) is 10.4. The highest BCUT2D eigenvalue weighted by atomic mass is 35.5. The van der Waals surface area contributed by atoms with E-state index < -0.39 is 17.5 Å². The summed E-state index contributed by atoms with van der Waals surface area (Å²) in [6.07, 6.45) is 2.59. The van der Waals surface area contributed by atoms with Crippen molar-refractivity contribution in [2.24, 2.45) is 0 Å². The van der Waals surface area contributed by atoms with E-state index in [0.717, 1.165) is 25.3 Å². The van der Waals surface area contributed by atoms with Gasteiger partial charge in [0.1, 0.15) is 11.6 Å². The smallest absolute Gasteiger partial charge is 0.254 e. The molecule has 0 bridgehead atoms. The molecule has 1 aromatic carbocycles. The maximum Gasteiger partial charge on any atom is 0.254 e. The van der Waals surface area contributed by atoms with Gasteiger partial charge in [-0.2, -0.15) is 0 Å². The molecule has 100 valence electrons. The van der Waals surface area contributed by atoms with E-state index in [1.807, 2.05) is 0 Å². The Bertz CT molecular complexity index is 424. The fourth-order valence-corrected chi connectivity index (χ4v) is 1.71. The number of hydrogen-bond acceptors (Lipinski definition) is 1. The quantitative estimate of drug-likeness (QED) is 0.626. The van der Waals surface area contributed by atoms with Crippen molar-refractivity contribution in [2.45, 2.75) is 26.2 Å². The van der Waals surface area contributed by atoms with Gasteiger partial charge in [-0.1, -0.05) is 6.42 Å². The Morgan fingerprint density at radius 1 is 1.22 bits per heavy atom. The van der Waals surface area contributed by atoms with Crippen molar-refractivity contribution >= 4 is 17.5 Å². The second-order valence-electron chi connectivity index (χ2n) is 4.09. The van der Waals surface area contributed by atoms with E-state index in [-0.39, 0.29) is 11.1 Å². The van der Waals surface area contributed by atoms with Crippen LogP contribution in [-0.4, -0.2) is 18.3 Å². The van der Waals surface area contributed by atoms with Gasteiger partial charge in [-0.25, -0.2) is 8.78 Å². The number of aryl methyl sites for hydroxylation is 1. The highest BCUT2D eigenvalue weighted by Crippen LogP contribution is 2.14. The summed E-state index contributed by atoms with van der Waals surface area (Å²) in [4.78, 5) is 11.7. The summed E-state index contributed by atoms with van der Waals surface area (Å²) in [6, 6.07) is 1.95. The molecule has 0 aliphatic heterocycles. The number of carbonyl (C=O) groups excluding carboxylic acids is 1. The van der Waals surface area contributed by atoms with Gasteiger partial charge >= 0.3 is 0 Å². The maximum atomic E-state index is 13.4. The summed E-state index contributed by atoms with van der Waals surface area (Å²) in [6.45, 7) is 1.96. The SMILES string of the molecule is Cc1cc(C(=O)NCCCCCCl)c(F)cc1F. The molecule has 0 atom stereocenters. The topological polar surface area (TPSA) is 29.1 Å². The number of hydrogen-bond donors (Lipinski definition) is 1. The van der Waals surface area contributed by atoms with E-state index in [9.17, 15) is 13.6 Å². The zero-order valence-corrected chi connectivity index (χ0v) is 11.0. The second kappa shape index (κ2) is 7.31. The van der Waals surface area contributed by atoms with E-state index in [0.29, 0.717) is 12.4 Å². The van der Waals surface area contributed by atoms with E-state index in [4.69, 9.17) is 11.6 Å². The number of halogens is 3. The summed E-state index contributed by atoms with van der Waals surface area (Å²) < 4.78 is 26.4. The highest BCUT2D eigenvalue weighted by Gasteiger charge is 2.13. The predicted molar refractivity (Wildman–Crippen MR) is 68.0 cm³/mol. The van der Waals surface area contributed by atoms with Gasteiger partial charge in [0.25, 0.3) is 5.91 Å². The number of amides is 1. The molecule has 1 aromatic rings.